The molecule has 0 aliphatic heterocycles. The van der Waals surface area contributed by atoms with Gasteiger partial charge in [0.2, 0.25) is 0 Å². The average Bonchev–Trinajstić information content (AvgIpc) is 3.19. The number of carbonyl (C=O) groups excluding carboxylic acids is 1. The summed E-state index contributed by atoms with van der Waals surface area (Å²) in [5, 5.41) is 3.87. The van der Waals surface area contributed by atoms with Crippen LogP contribution in [0.4, 0.5) is 13.2 Å². The second kappa shape index (κ2) is 8.72. The standard InChI is InChI=1S/C20H16F3N3O4S/c1-20(19(27)25-31(28)29,13-6-4-3-5-7-13)26-16(11-15(24-26)18(22)23)12-8-9-17(30-2)14(21)10-12/h3-11,18H,1-2H3. The van der Waals surface area contributed by atoms with Crippen molar-refractivity contribution >= 4 is 16.4 Å². The van der Waals surface area contributed by atoms with Gasteiger partial charge in [-0.1, -0.05) is 34.7 Å². The van der Waals surface area contributed by atoms with Crippen LogP contribution in [-0.2, 0) is 20.8 Å². The number of hydrogen-bond donors (Lipinski definition) is 0. The summed E-state index contributed by atoms with van der Waals surface area (Å²) >= 11 is 0. The molecule has 0 saturated carbocycles. The van der Waals surface area contributed by atoms with E-state index in [0.717, 1.165) is 16.8 Å². The van der Waals surface area contributed by atoms with Crippen molar-refractivity contribution in [3.63, 3.8) is 0 Å². The van der Waals surface area contributed by atoms with Crippen molar-refractivity contribution in [2.75, 3.05) is 7.11 Å². The number of aromatic nitrogens is 2. The van der Waals surface area contributed by atoms with E-state index in [1.165, 1.54) is 38.3 Å². The third-order valence-corrected chi connectivity index (χ3v) is 5.05. The largest absolute Gasteiger partial charge is 0.494 e. The molecule has 0 radical (unpaired) electrons. The molecular weight excluding hydrogens is 435 g/mol. The Hall–Kier alpha value is -3.47. The second-order valence-corrected chi connectivity index (χ2v) is 7.18. The Bertz CT molecular complexity index is 1250. The van der Waals surface area contributed by atoms with Crippen LogP contribution in [0, 0.1) is 5.82 Å². The van der Waals surface area contributed by atoms with Gasteiger partial charge in [0.1, 0.15) is 5.69 Å². The number of rotatable bonds is 6. The fraction of sp³-hybridized carbons (Fsp3) is 0.200. The van der Waals surface area contributed by atoms with E-state index in [-0.39, 0.29) is 22.6 Å². The molecule has 0 aliphatic carbocycles. The third kappa shape index (κ3) is 4.22. The number of halogens is 3. The Morgan fingerprint density at radius 2 is 1.84 bits per heavy atom. The fourth-order valence-corrected chi connectivity index (χ4v) is 3.45. The van der Waals surface area contributed by atoms with E-state index in [9.17, 15) is 26.4 Å². The highest BCUT2D eigenvalue weighted by atomic mass is 32.2. The summed E-state index contributed by atoms with van der Waals surface area (Å²) in [6, 6.07) is 12.6. The summed E-state index contributed by atoms with van der Waals surface area (Å²) in [6.45, 7) is 1.30. The highest BCUT2D eigenvalue weighted by molar-refractivity contribution is 7.62. The maximum absolute atomic E-state index is 14.3. The van der Waals surface area contributed by atoms with E-state index < -0.39 is 39.9 Å². The molecule has 11 heteroatoms. The first kappa shape index (κ1) is 22.2. The van der Waals surface area contributed by atoms with Crippen LogP contribution in [0.3, 0.4) is 0 Å². The molecule has 1 unspecified atom stereocenters. The molecule has 1 amide bonds. The average molecular weight is 451 g/mol. The molecule has 0 spiro atoms. The van der Waals surface area contributed by atoms with Gasteiger partial charge in [0.25, 0.3) is 12.3 Å². The first-order valence-corrected chi connectivity index (χ1v) is 9.85. The molecule has 1 atom stereocenters. The summed E-state index contributed by atoms with van der Waals surface area (Å²) in [5.74, 6) is -1.99. The van der Waals surface area contributed by atoms with Gasteiger partial charge in [0, 0.05) is 5.56 Å². The third-order valence-electron chi connectivity index (χ3n) is 4.73. The monoisotopic (exact) mass is 451 g/mol. The quantitative estimate of drug-likeness (QED) is 0.565. The van der Waals surface area contributed by atoms with Crippen LogP contribution < -0.4 is 4.74 Å². The maximum Gasteiger partial charge on any atom is 0.319 e. The van der Waals surface area contributed by atoms with Crippen LogP contribution in [0.25, 0.3) is 11.3 Å². The van der Waals surface area contributed by atoms with Crippen molar-refractivity contribution in [3.05, 3.63) is 71.7 Å². The number of ether oxygens (including phenoxy) is 1. The van der Waals surface area contributed by atoms with Gasteiger partial charge in [0.05, 0.1) is 12.8 Å². The van der Waals surface area contributed by atoms with Crippen molar-refractivity contribution in [2.45, 2.75) is 18.9 Å². The van der Waals surface area contributed by atoms with Crippen LogP contribution in [-0.4, -0.2) is 31.2 Å². The Morgan fingerprint density at radius 1 is 1.16 bits per heavy atom. The molecule has 1 aromatic heterocycles. The van der Waals surface area contributed by atoms with Crippen LogP contribution in [0.15, 0.2) is 59.0 Å². The highest BCUT2D eigenvalue weighted by Gasteiger charge is 2.41. The zero-order valence-electron chi connectivity index (χ0n) is 16.3. The number of nitrogens with zero attached hydrogens (tertiary/aromatic N) is 3. The Balaban J connectivity index is 2.35. The van der Waals surface area contributed by atoms with Gasteiger partial charge in [0.15, 0.2) is 17.1 Å². The molecule has 2 aromatic carbocycles. The van der Waals surface area contributed by atoms with Crippen LogP contribution in [0.2, 0.25) is 0 Å². The summed E-state index contributed by atoms with van der Waals surface area (Å²) in [7, 11) is -1.82. The smallest absolute Gasteiger partial charge is 0.319 e. The fourth-order valence-electron chi connectivity index (χ4n) is 3.13. The number of hydrogen-bond acceptors (Lipinski definition) is 5. The van der Waals surface area contributed by atoms with Gasteiger partial charge in [-0.15, -0.1) is 0 Å². The van der Waals surface area contributed by atoms with Gasteiger partial charge in [-0.25, -0.2) is 17.9 Å². The summed E-state index contributed by atoms with van der Waals surface area (Å²) in [4.78, 5) is 12.9. The van der Waals surface area contributed by atoms with Gasteiger partial charge >= 0.3 is 10.5 Å². The van der Waals surface area contributed by atoms with Gasteiger partial charge in [-0.2, -0.15) is 13.5 Å². The molecule has 3 aromatic rings. The molecule has 0 N–H and O–H groups in total. The summed E-state index contributed by atoms with van der Waals surface area (Å²) < 4.78 is 72.4. The second-order valence-electron chi connectivity index (χ2n) is 6.57. The van der Waals surface area contributed by atoms with E-state index in [1.807, 2.05) is 0 Å². The molecule has 0 fully saturated rings. The molecule has 31 heavy (non-hydrogen) atoms. The van der Waals surface area contributed by atoms with Crippen molar-refractivity contribution in [1.29, 1.82) is 0 Å². The number of methoxy groups -OCH3 is 1. The predicted octanol–water partition coefficient (Wildman–Crippen LogP) is 3.99. The molecule has 3 rings (SSSR count). The first-order chi connectivity index (χ1) is 14.7. The molecule has 7 nitrogen and oxygen atoms in total. The lowest BCUT2D eigenvalue weighted by Gasteiger charge is -2.28. The lowest BCUT2D eigenvalue weighted by atomic mass is 9.90. The zero-order valence-corrected chi connectivity index (χ0v) is 17.1. The van der Waals surface area contributed by atoms with E-state index >= 15 is 0 Å². The minimum atomic E-state index is -3.09. The number of amides is 1. The first-order valence-electron chi connectivity index (χ1n) is 8.82. The minimum absolute atomic E-state index is 0.0385. The highest BCUT2D eigenvalue weighted by Crippen LogP contribution is 2.36. The van der Waals surface area contributed by atoms with Gasteiger partial charge < -0.3 is 4.74 Å². The Kier molecular flexibility index (Phi) is 6.25. The van der Waals surface area contributed by atoms with Crippen molar-refractivity contribution in [3.8, 4) is 17.0 Å². The van der Waals surface area contributed by atoms with Crippen LogP contribution >= 0.6 is 0 Å². The number of carbonyl (C=O) groups is 1. The van der Waals surface area contributed by atoms with E-state index in [0.29, 0.717) is 0 Å². The van der Waals surface area contributed by atoms with E-state index in [4.69, 9.17) is 4.74 Å². The Morgan fingerprint density at radius 3 is 2.39 bits per heavy atom. The molecular formula is C20H16F3N3O4S. The molecule has 0 saturated heterocycles. The molecule has 0 bridgehead atoms. The zero-order chi connectivity index (χ0) is 22.8. The lowest BCUT2D eigenvalue weighted by molar-refractivity contribution is -0.123. The molecule has 162 valence electrons. The predicted molar refractivity (Wildman–Crippen MR) is 105 cm³/mol. The van der Waals surface area contributed by atoms with E-state index in [2.05, 4.69) is 9.46 Å². The van der Waals surface area contributed by atoms with Crippen molar-refractivity contribution < 1.29 is 31.1 Å². The van der Waals surface area contributed by atoms with Crippen molar-refractivity contribution in [2.24, 2.45) is 4.36 Å². The van der Waals surface area contributed by atoms with E-state index in [1.54, 1.807) is 18.2 Å². The topological polar surface area (TPSA) is 90.6 Å². The lowest BCUT2D eigenvalue weighted by Crippen LogP contribution is -2.40. The van der Waals surface area contributed by atoms with Crippen molar-refractivity contribution in [1.82, 2.24) is 9.78 Å². The molecule has 1 heterocycles. The number of alkyl halides is 2. The van der Waals surface area contributed by atoms with Crippen LogP contribution in [0.1, 0.15) is 24.6 Å². The SMILES string of the molecule is COc1ccc(-c2cc(C(F)F)nn2C(C)(C(=O)N=S(=O)=O)c2ccccc2)cc1F. The molecule has 0 aliphatic rings. The van der Waals surface area contributed by atoms with Gasteiger partial charge in [-0.3, -0.25) is 4.79 Å². The summed E-state index contributed by atoms with van der Waals surface area (Å²) in [6.07, 6.45) is -3.00. The summed E-state index contributed by atoms with van der Waals surface area (Å²) in [5.41, 5.74) is -2.27. The maximum atomic E-state index is 14.3. The van der Waals surface area contributed by atoms with Crippen LogP contribution in [0.5, 0.6) is 5.75 Å². The Labute approximate surface area is 176 Å². The number of benzene rings is 2. The minimum Gasteiger partial charge on any atom is -0.494 e. The van der Waals surface area contributed by atoms with Gasteiger partial charge in [-0.05, 0) is 36.8 Å². The normalized spacial score (nSPS) is 13.0.